The molecule has 0 amide bonds. The molecule has 2 fully saturated rings. The van der Waals surface area contributed by atoms with Gasteiger partial charge in [0.1, 0.15) is 17.5 Å². The molecule has 2 aromatic rings. The van der Waals surface area contributed by atoms with E-state index in [0.717, 1.165) is 35.1 Å². The van der Waals surface area contributed by atoms with Gasteiger partial charge in [-0.2, -0.15) is 0 Å². The summed E-state index contributed by atoms with van der Waals surface area (Å²) in [5.41, 5.74) is 3.78. The fraction of sp³-hybridized carbons (Fsp3) is 0.440. The zero-order valence-electron chi connectivity index (χ0n) is 17.2. The average Bonchev–Trinajstić information content (AvgIpc) is 2.98. The van der Waals surface area contributed by atoms with Crippen LogP contribution in [0.4, 0.5) is 0 Å². The van der Waals surface area contributed by atoms with Gasteiger partial charge in [0.25, 0.3) is 0 Å². The van der Waals surface area contributed by atoms with Crippen LogP contribution in [0.25, 0.3) is 11.1 Å². The molecule has 4 rings (SSSR count). The van der Waals surface area contributed by atoms with Crippen molar-refractivity contribution in [2.24, 2.45) is 5.92 Å². The summed E-state index contributed by atoms with van der Waals surface area (Å²) in [6.45, 7) is 3.32. The standard InChI is InChI=1S/C25H27ClO4/c1-16-4-5-19(18-6-8-20(26)9-7-18)15-21(16)25-22(27)12-17(13-23(25)28)14-24-29-10-2-3-11-30-24/h4-9,15,17,24-25H,2-3,10-14H2,1H3. The third-order valence-corrected chi connectivity index (χ3v) is 6.32. The monoisotopic (exact) mass is 426 g/mol. The number of hydrogen-bond acceptors (Lipinski definition) is 4. The maximum atomic E-state index is 13.0. The van der Waals surface area contributed by atoms with Crippen LogP contribution in [-0.2, 0) is 19.1 Å². The van der Waals surface area contributed by atoms with Crippen molar-refractivity contribution in [3.8, 4) is 11.1 Å². The minimum atomic E-state index is -0.676. The maximum Gasteiger partial charge on any atom is 0.157 e. The Balaban J connectivity index is 1.51. The zero-order valence-corrected chi connectivity index (χ0v) is 18.0. The molecule has 5 heteroatoms. The fourth-order valence-electron chi connectivity index (χ4n) is 4.43. The number of ether oxygens (including phenoxy) is 2. The van der Waals surface area contributed by atoms with E-state index < -0.39 is 5.92 Å². The van der Waals surface area contributed by atoms with Crippen LogP contribution in [-0.4, -0.2) is 31.1 Å². The Labute approximate surface area is 182 Å². The van der Waals surface area contributed by atoms with Crippen molar-refractivity contribution in [2.75, 3.05) is 13.2 Å². The first-order chi connectivity index (χ1) is 14.5. The summed E-state index contributed by atoms with van der Waals surface area (Å²) in [5.74, 6) is -0.684. The summed E-state index contributed by atoms with van der Waals surface area (Å²) in [5, 5.41) is 0.677. The van der Waals surface area contributed by atoms with Gasteiger partial charge in [0, 0.05) is 37.5 Å². The normalized spacial score (nSPS) is 23.4. The van der Waals surface area contributed by atoms with E-state index in [1.165, 1.54) is 0 Å². The highest BCUT2D eigenvalue weighted by Crippen LogP contribution is 2.36. The number of carbonyl (C=O) groups is 2. The molecule has 0 atom stereocenters. The van der Waals surface area contributed by atoms with Crippen molar-refractivity contribution < 1.29 is 19.1 Å². The lowest BCUT2D eigenvalue weighted by atomic mass is 9.74. The molecule has 1 aliphatic heterocycles. The van der Waals surface area contributed by atoms with E-state index in [1.54, 1.807) is 0 Å². The Morgan fingerprint density at radius 2 is 1.50 bits per heavy atom. The summed E-state index contributed by atoms with van der Waals surface area (Å²) < 4.78 is 11.5. The highest BCUT2D eigenvalue weighted by atomic mass is 35.5. The Kier molecular flexibility index (Phi) is 6.67. The first kappa shape index (κ1) is 21.2. The number of carbonyl (C=O) groups excluding carboxylic acids is 2. The van der Waals surface area contributed by atoms with Gasteiger partial charge in [-0.1, -0.05) is 35.9 Å². The van der Waals surface area contributed by atoms with Crippen LogP contribution in [0.5, 0.6) is 0 Å². The van der Waals surface area contributed by atoms with Gasteiger partial charge >= 0.3 is 0 Å². The molecule has 1 saturated heterocycles. The second-order valence-electron chi connectivity index (χ2n) is 8.33. The average molecular weight is 427 g/mol. The second-order valence-corrected chi connectivity index (χ2v) is 8.77. The molecule has 1 heterocycles. The first-order valence-electron chi connectivity index (χ1n) is 10.7. The van der Waals surface area contributed by atoms with Gasteiger partial charge in [0.05, 0.1) is 0 Å². The number of hydrogen-bond donors (Lipinski definition) is 0. The van der Waals surface area contributed by atoms with Gasteiger partial charge in [-0.05, 0) is 66.1 Å². The van der Waals surface area contributed by atoms with Gasteiger partial charge in [-0.15, -0.1) is 0 Å². The molecule has 158 valence electrons. The van der Waals surface area contributed by atoms with Crippen LogP contribution < -0.4 is 0 Å². The van der Waals surface area contributed by atoms with Crippen molar-refractivity contribution in [1.82, 2.24) is 0 Å². The van der Waals surface area contributed by atoms with Gasteiger partial charge in [0.2, 0.25) is 0 Å². The Morgan fingerprint density at radius 1 is 0.900 bits per heavy atom. The molecule has 4 nitrogen and oxygen atoms in total. The summed E-state index contributed by atoms with van der Waals surface area (Å²) in [6, 6.07) is 13.6. The van der Waals surface area contributed by atoms with Crippen LogP contribution in [0.15, 0.2) is 42.5 Å². The van der Waals surface area contributed by atoms with Crippen molar-refractivity contribution in [3.05, 3.63) is 58.6 Å². The smallest absolute Gasteiger partial charge is 0.157 e. The summed E-state index contributed by atoms with van der Waals surface area (Å²) in [6.07, 6.45) is 3.07. The quantitative estimate of drug-likeness (QED) is 0.606. The topological polar surface area (TPSA) is 52.6 Å². The van der Waals surface area contributed by atoms with Crippen molar-refractivity contribution in [2.45, 2.75) is 51.2 Å². The van der Waals surface area contributed by atoms with E-state index in [9.17, 15) is 9.59 Å². The number of ketones is 2. The summed E-state index contributed by atoms with van der Waals surface area (Å²) in [7, 11) is 0. The van der Waals surface area contributed by atoms with Crippen LogP contribution >= 0.6 is 11.6 Å². The molecular weight excluding hydrogens is 400 g/mol. The van der Waals surface area contributed by atoms with Crippen LogP contribution in [0, 0.1) is 12.8 Å². The van der Waals surface area contributed by atoms with E-state index in [-0.39, 0.29) is 23.8 Å². The van der Waals surface area contributed by atoms with E-state index in [4.69, 9.17) is 21.1 Å². The molecular formula is C25H27ClO4. The van der Waals surface area contributed by atoms with E-state index >= 15 is 0 Å². The molecule has 0 unspecified atom stereocenters. The Hall–Kier alpha value is -2.01. The molecule has 0 aromatic heterocycles. The molecule has 2 aromatic carbocycles. The largest absolute Gasteiger partial charge is 0.353 e. The second kappa shape index (κ2) is 9.42. The molecule has 0 N–H and O–H groups in total. The highest BCUT2D eigenvalue weighted by Gasteiger charge is 2.38. The molecule has 0 spiro atoms. The lowest BCUT2D eigenvalue weighted by Gasteiger charge is -2.29. The number of halogens is 1. The van der Waals surface area contributed by atoms with Crippen LogP contribution in [0.1, 0.15) is 49.1 Å². The minimum absolute atomic E-state index is 0.00114. The lowest BCUT2D eigenvalue weighted by Crippen LogP contribution is -2.34. The van der Waals surface area contributed by atoms with Gasteiger partial charge in [-0.25, -0.2) is 0 Å². The van der Waals surface area contributed by atoms with Crippen molar-refractivity contribution >= 4 is 23.2 Å². The number of rotatable bonds is 4. The van der Waals surface area contributed by atoms with Crippen molar-refractivity contribution in [3.63, 3.8) is 0 Å². The third kappa shape index (κ3) is 4.83. The summed E-state index contributed by atoms with van der Waals surface area (Å²) >= 11 is 6.00. The van der Waals surface area contributed by atoms with E-state index in [0.29, 0.717) is 37.5 Å². The Bertz CT molecular complexity index is 895. The highest BCUT2D eigenvalue weighted by molar-refractivity contribution is 6.30. The molecule has 0 bridgehead atoms. The SMILES string of the molecule is Cc1ccc(-c2ccc(Cl)cc2)cc1C1C(=O)CC(CC2OCCCCO2)CC1=O. The van der Waals surface area contributed by atoms with E-state index in [2.05, 4.69) is 0 Å². The number of aryl methyl sites for hydroxylation is 1. The molecule has 2 aliphatic rings. The lowest BCUT2D eigenvalue weighted by molar-refractivity contribution is -0.145. The molecule has 1 saturated carbocycles. The number of Topliss-reactive ketones (excluding diaryl/α,β-unsaturated/α-hetero) is 2. The van der Waals surface area contributed by atoms with Crippen molar-refractivity contribution in [1.29, 1.82) is 0 Å². The third-order valence-electron chi connectivity index (χ3n) is 6.06. The predicted molar refractivity (Wildman–Crippen MR) is 117 cm³/mol. The minimum Gasteiger partial charge on any atom is -0.353 e. The number of benzene rings is 2. The van der Waals surface area contributed by atoms with Crippen LogP contribution in [0.3, 0.4) is 0 Å². The van der Waals surface area contributed by atoms with E-state index in [1.807, 2.05) is 49.4 Å². The van der Waals surface area contributed by atoms with Gasteiger partial charge in [0.15, 0.2) is 6.29 Å². The van der Waals surface area contributed by atoms with Gasteiger partial charge < -0.3 is 9.47 Å². The zero-order chi connectivity index (χ0) is 21.1. The Morgan fingerprint density at radius 3 is 2.13 bits per heavy atom. The molecule has 1 aliphatic carbocycles. The predicted octanol–water partition coefficient (Wildman–Crippen LogP) is 5.49. The molecule has 30 heavy (non-hydrogen) atoms. The summed E-state index contributed by atoms with van der Waals surface area (Å²) in [4.78, 5) is 26.1. The first-order valence-corrected chi connectivity index (χ1v) is 11.0. The van der Waals surface area contributed by atoms with Gasteiger partial charge in [-0.3, -0.25) is 9.59 Å². The van der Waals surface area contributed by atoms with Crippen LogP contribution in [0.2, 0.25) is 5.02 Å². The molecule has 0 radical (unpaired) electrons. The maximum absolute atomic E-state index is 13.0. The fourth-order valence-corrected chi connectivity index (χ4v) is 4.56.